The van der Waals surface area contributed by atoms with Gasteiger partial charge in [-0.2, -0.15) is 0 Å². The molecule has 0 aromatic heterocycles. The second-order valence-corrected chi connectivity index (χ2v) is 4.16. The Morgan fingerprint density at radius 2 is 1.75 bits per heavy atom. The molecule has 1 aromatic rings. The summed E-state index contributed by atoms with van der Waals surface area (Å²) in [5.41, 5.74) is 0. The summed E-state index contributed by atoms with van der Waals surface area (Å²) < 4.78 is 22.7. The van der Waals surface area contributed by atoms with Gasteiger partial charge in [-0.1, -0.05) is 24.3 Å². The van der Waals surface area contributed by atoms with Crippen LogP contribution >= 0.6 is 0 Å². The van der Waals surface area contributed by atoms with Crippen molar-refractivity contribution in [3.63, 3.8) is 0 Å². The normalized spacial score (nSPS) is 12.1. The molecule has 0 atom stereocenters. The molecule has 0 unspecified atom stereocenters. The Morgan fingerprint density at radius 3 is 2.25 bits per heavy atom. The van der Waals surface area contributed by atoms with Gasteiger partial charge in [-0.15, -0.1) is 0 Å². The van der Waals surface area contributed by atoms with E-state index in [4.69, 9.17) is 0 Å². The van der Waals surface area contributed by atoms with Crippen molar-refractivity contribution in [1.82, 2.24) is 0 Å². The Bertz CT molecular complexity index is 363. The second kappa shape index (κ2) is 3.54. The summed E-state index contributed by atoms with van der Waals surface area (Å²) in [7, 11) is -3.19. The highest BCUT2D eigenvalue weighted by molar-refractivity contribution is 7.94. The minimum absolute atomic E-state index is 0.336. The molecule has 12 heavy (non-hydrogen) atoms. The summed E-state index contributed by atoms with van der Waals surface area (Å²) in [5.74, 6) is 0. The van der Waals surface area contributed by atoms with Gasteiger partial charge in [0.1, 0.15) is 0 Å². The molecule has 64 valence electrons. The first-order valence-electron chi connectivity index (χ1n) is 3.59. The zero-order chi connectivity index (χ0) is 9.03. The van der Waals surface area contributed by atoms with Gasteiger partial charge in [-0.25, -0.2) is 8.42 Å². The lowest BCUT2D eigenvalue weighted by Crippen LogP contribution is -1.94. The summed E-state index contributed by atoms with van der Waals surface area (Å²) in [4.78, 5) is 0.336. The highest BCUT2D eigenvalue weighted by Crippen LogP contribution is 2.10. The Balaban J connectivity index is 3.16. The van der Waals surface area contributed by atoms with Crippen molar-refractivity contribution in [2.24, 2.45) is 0 Å². The molecule has 0 radical (unpaired) electrons. The van der Waals surface area contributed by atoms with Gasteiger partial charge in [0, 0.05) is 5.41 Å². The fourth-order valence-electron chi connectivity index (χ4n) is 0.868. The van der Waals surface area contributed by atoms with Gasteiger partial charge in [0.25, 0.3) is 0 Å². The third kappa shape index (κ3) is 1.95. The standard InChI is InChI=1S/C9H10O2S/c1-2-8-12(10,11)9-6-4-3-5-7-9/h2-8H,1H3. The Kier molecular flexibility index (Phi) is 2.65. The molecule has 0 saturated carbocycles. The molecule has 3 heteroatoms. The molecule has 0 fully saturated rings. The first kappa shape index (κ1) is 9.00. The predicted molar refractivity (Wildman–Crippen MR) is 48.4 cm³/mol. The summed E-state index contributed by atoms with van der Waals surface area (Å²) in [6.45, 7) is 1.68. The third-order valence-electron chi connectivity index (χ3n) is 1.39. The van der Waals surface area contributed by atoms with Gasteiger partial charge in [0.05, 0.1) is 4.90 Å². The van der Waals surface area contributed by atoms with E-state index in [1.807, 2.05) is 0 Å². The fraction of sp³-hybridized carbons (Fsp3) is 0.111. The van der Waals surface area contributed by atoms with Crippen molar-refractivity contribution >= 4 is 9.84 Å². The zero-order valence-electron chi connectivity index (χ0n) is 6.77. The van der Waals surface area contributed by atoms with E-state index in [-0.39, 0.29) is 0 Å². The van der Waals surface area contributed by atoms with E-state index in [0.717, 1.165) is 0 Å². The minimum atomic E-state index is -3.19. The van der Waals surface area contributed by atoms with Crippen LogP contribution in [0.2, 0.25) is 0 Å². The number of rotatable bonds is 2. The van der Waals surface area contributed by atoms with E-state index in [1.54, 1.807) is 37.3 Å². The van der Waals surface area contributed by atoms with Gasteiger partial charge in [-0.05, 0) is 19.1 Å². The molecule has 0 aliphatic rings. The van der Waals surface area contributed by atoms with Gasteiger partial charge >= 0.3 is 0 Å². The summed E-state index contributed by atoms with van der Waals surface area (Å²) in [5, 5.41) is 1.20. The van der Waals surface area contributed by atoms with E-state index in [2.05, 4.69) is 0 Å². The van der Waals surface area contributed by atoms with Crippen LogP contribution in [0.25, 0.3) is 0 Å². The highest BCUT2D eigenvalue weighted by Gasteiger charge is 2.07. The first-order valence-corrected chi connectivity index (χ1v) is 5.14. The molecule has 0 amide bonds. The molecule has 0 N–H and O–H groups in total. The van der Waals surface area contributed by atoms with Crippen molar-refractivity contribution in [3.8, 4) is 0 Å². The van der Waals surface area contributed by atoms with Crippen LogP contribution < -0.4 is 0 Å². The molecule has 0 bridgehead atoms. The number of sulfone groups is 1. The van der Waals surface area contributed by atoms with Crippen molar-refractivity contribution in [2.45, 2.75) is 11.8 Å². The van der Waals surface area contributed by atoms with Gasteiger partial charge < -0.3 is 0 Å². The van der Waals surface area contributed by atoms with E-state index in [9.17, 15) is 8.42 Å². The summed E-state index contributed by atoms with van der Waals surface area (Å²) in [6, 6.07) is 8.35. The Labute approximate surface area is 72.5 Å². The lowest BCUT2D eigenvalue weighted by Gasteiger charge is -1.95. The van der Waals surface area contributed by atoms with Crippen molar-refractivity contribution in [2.75, 3.05) is 0 Å². The van der Waals surface area contributed by atoms with Gasteiger partial charge in [-0.3, -0.25) is 0 Å². The fourth-order valence-corrected chi connectivity index (χ4v) is 1.92. The van der Waals surface area contributed by atoms with Crippen LogP contribution in [0.1, 0.15) is 6.92 Å². The van der Waals surface area contributed by atoms with E-state index in [1.165, 1.54) is 11.5 Å². The SMILES string of the molecule is CC=CS(=O)(=O)c1ccccc1. The average Bonchev–Trinajstić information content (AvgIpc) is 2.06. The molecule has 1 aromatic carbocycles. The van der Waals surface area contributed by atoms with Crippen LogP contribution in [0.3, 0.4) is 0 Å². The molecule has 0 aliphatic carbocycles. The Morgan fingerprint density at radius 1 is 1.17 bits per heavy atom. The molecule has 0 heterocycles. The van der Waals surface area contributed by atoms with E-state index >= 15 is 0 Å². The molecule has 0 saturated heterocycles. The van der Waals surface area contributed by atoms with Crippen molar-refractivity contribution < 1.29 is 8.42 Å². The molecule has 2 nitrogen and oxygen atoms in total. The summed E-state index contributed by atoms with van der Waals surface area (Å²) in [6.07, 6.45) is 1.52. The van der Waals surface area contributed by atoms with E-state index < -0.39 is 9.84 Å². The number of allylic oxidation sites excluding steroid dienone is 1. The van der Waals surface area contributed by atoms with Crippen LogP contribution in [-0.2, 0) is 9.84 Å². The quantitative estimate of drug-likeness (QED) is 0.701. The minimum Gasteiger partial charge on any atom is -0.219 e. The molecule has 1 rings (SSSR count). The van der Waals surface area contributed by atoms with Crippen LogP contribution in [0, 0.1) is 0 Å². The first-order chi connectivity index (χ1) is 5.67. The van der Waals surface area contributed by atoms with Gasteiger partial charge in [0.2, 0.25) is 0 Å². The molecule has 0 aliphatic heterocycles. The largest absolute Gasteiger partial charge is 0.219 e. The Hall–Kier alpha value is -1.09. The number of hydrogen-bond acceptors (Lipinski definition) is 2. The van der Waals surface area contributed by atoms with Crippen LogP contribution in [0.4, 0.5) is 0 Å². The molecular formula is C9H10O2S. The number of hydrogen-bond donors (Lipinski definition) is 0. The maximum Gasteiger partial charge on any atom is 0.199 e. The molecular weight excluding hydrogens is 172 g/mol. The zero-order valence-corrected chi connectivity index (χ0v) is 7.58. The maximum absolute atomic E-state index is 11.3. The topological polar surface area (TPSA) is 34.1 Å². The van der Waals surface area contributed by atoms with Crippen molar-refractivity contribution in [1.29, 1.82) is 0 Å². The van der Waals surface area contributed by atoms with E-state index in [0.29, 0.717) is 4.90 Å². The monoisotopic (exact) mass is 182 g/mol. The lowest BCUT2D eigenvalue weighted by atomic mass is 10.4. The molecule has 0 spiro atoms. The maximum atomic E-state index is 11.3. The van der Waals surface area contributed by atoms with Crippen molar-refractivity contribution in [3.05, 3.63) is 41.8 Å². The summed E-state index contributed by atoms with van der Waals surface area (Å²) >= 11 is 0. The average molecular weight is 182 g/mol. The number of benzene rings is 1. The van der Waals surface area contributed by atoms with Crippen LogP contribution in [-0.4, -0.2) is 8.42 Å². The highest BCUT2D eigenvalue weighted by atomic mass is 32.2. The van der Waals surface area contributed by atoms with Gasteiger partial charge in [0.15, 0.2) is 9.84 Å². The smallest absolute Gasteiger partial charge is 0.199 e. The predicted octanol–water partition coefficient (Wildman–Crippen LogP) is 1.99. The third-order valence-corrected chi connectivity index (χ3v) is 2.95. The lowest BCUT2D eigenvalue weighted by molar-refractivity contribution is 0.604. The van der Waals surface area contributed by atoms with Crippen LogP contribution in [0.5, 0.6) is 0 Å². The van der Waals surface area contributed by atoms with Crippen LogP contribution in [0.15, 0.2) is 46.7 Å². The second-order valence-electron chi connectivity index (χ2n) is 2.33.